The minimum absolute atomic E-state index is 0.0410. The third kappa shape index (κ3) is 9.48. The number of rotatable bonds is 15. The van der Waals surface area contributed by atoms with Crippen LogP contribution in [0.25, 0.3) is 10.2 Å². The fourth-order valence-corrected chi connectivity index (χ4v) is 6.67. The number of aliphatic hydroxyl groups excluding tert-OH is 1. The second-order valence-electron chi connectivity index (χ2n) is 11.2. The van der Waals surface area contributed by atoms with Crippen molar-refractivity contribution in [2.45, 2.75) is 33.1 Å². The van der Waals surface area contributed by atoms with Gasteiger partial charge in [0.2, 0.25) is 0 Å². The maximum atomic E-state index is 14.7. The van der Waals surface area contributed by atoms with Crippen LogP contribution in [0.15, 0.2) is 48.5 Å². The standard InChI is InChI=1S/C35H38FN7O4S2/c1-5-46-33(45)31-29(14-9-20-47-27-16-15-24(22-25(27)36)11-8-17-42(3)4)49-35(38-31)43(18-10-19-44)30-21-23(2)32(41-40-30)39-34-37-26-12-6-7-13-28(26)48-34/h6-7,12-13,15-16,21-22,44H,5,9-10,14,17-20H2,1-4H3,(H,37,39,41). The van der Waals surface area contributed by atoms with E-state index < -0.39 is 11.8 Å². The van der Waals surface area contributed by atoms with E-state index in [9.17, 15) is 14.3 Å². The molecule has 0 aliphatic carbocycles. The number of carbonyl (C=O) groups is 1. The zero-order valence-electron chi connectivity index (χ0n) is 27.8. The van der Waals surface area contributed by atoms with Gasteiger partial charge in [0.25, 0.3) is 0 Å². The Morgan fingerprint density at radius 1 is 1.08 bits per heavy atom. The summed E-state index contributed by atoms with van der Waals surface area (Å²) in [5.74, 6) is 6.15. The summed E-state index contributed by atoms with van der Waals surface area (Å²) in [6.07, 6.45) is 1.39. The molecule has 3 aromatic heterocycles. The van der Waals surface area contributed by atoms with E-state index in [1.807, 2.05) is 61.2 Å². The molecule has 3 heterocycles. The third-order valence-corrected chi connectivity index (χ3v) is 9.15. The summed E-state index contributed by atoms with van der Waals surface area (Å²) in [6, 6.07) is 14.4. The second-order valence-corrected chi connectivity index (χ2v) is 13.3. The number of thiazole rings is 2. The van der Waals surface area contributed by atoms with Crippen molar-refractivity contribution >= 4 is 60.8 Å². The molecule has 2 N–H and O–H groups in total. The molecule has 2 aromatic carbocycles. The van der Waals surface area contributed by atoms with Crippen LogP contribution in [0.3, 0.4) is 0 Å². The summed E-state index contributed by atoms with van der Waals surface area (Å²) >= 11 is 2.86. The van der Waals surface area contributed by atoms with Gasteiger partial charge >= 0.3 is 5.97 Å². The topological polar surface area (TPSA) is 126 Å². The smallest absolute Gasteiger partial charge is 0.358 e. The van der Waals surface area contributed by atoms with E-state index in [1.165, 1.54) is 28.7 Å². The molecule has 5 rings (SSSR count). The van der Waals surface area contributed by atoms with Gasteiger partial charge in [-0.15, -0.1) is 21.5 Å². The fourth-order valence-electron chi connectivity index (χ4n) is 4.68. The lowest BCUT2D eigenvalue weighted by Gasteiger charge is -2.20. The molecule has 0 aliphatic heterocycles. The Morgan fingerprint density at radius 3 is 2.65 bits per heavy atom. The molecule has 256 valence electrons. The molecule has 14 heteroatoms. The molecule has 0 spiro atoms. The van der Waals surface area contributed by atoms with Crippen molar-refractivity contribution in [3.63, 3.8) is 0 Å². The van der Waals surface area contributed by atoms with Crippen molar-refractivity contribution in [1.29, 1.82) is 0 Å². The molecule has 0 saturated heterocycles. The lowest BCUT2D eigenvalue weighted by atomic mass is 10.2. The van der Waals surface area contributed by atoms with Crippen LogP contribution in [0.4, 0.5) is 26.3 Å². The Hall–Kier alpha value is -4.68. The highest BCUT2D eigenvalue weighted by Gasteiger charge is 2.24. The van der Waals surface area contributed by atoms with Crippen LogP contribution in [0.1, 0.15) is 46.3 Å². The first-order chi connectivity index (χ1) is 23.7. The van der Waals surface area contributed by atoms with Gasteiger partial charge < -0.3 is 24.8 Å². The van der Waals surface area contributed by atoms with E-state index in [2.05, 4.69) is 37.3 Å². The van der Waals surface area contributed by atoms with Gasteiger partial charge in [-0.05, 0) is 89.2 Å². The maximum Gasteiger partial charge on any atom is 0.358 e. The highest BCUT2D eigenvalue weighted by molar-refractivity contribution is 7.22. The first-order valence-corrected chi connectivity index (χ1v) is 17.5. The van der Waals surface area contributed by atoms with E-state index in [-0.39, 0.29) is 31.3 Å². The predicted molar refractivity (Wildman–Crippen MR) is 192 cm³/mol. The average molecular weight is 704 g/mol. The molecule has 0 amide bonds. The molecule has 0 aliphatic rings. The zero-order valence-corrected chi connectivity index (χ0v) is 29.5. The summed E-state index contributed by atoms with van der Waals surface area (Å²) in [5, 5.41) is 23.1. The number of aliphatic hydroxyl groups is 1. The number of esters is 1. The number of halogens is 1. The molecule has 11 nitrogen and oxygen atoms in total. The van der Waals surface area contributed by atoms with Crippen molar-refractivity contribution in [1.82, 2.24) is 25.1 Å². The highest BCUT2D eigenvalue weighted by atomic mass is 32.1. The molecular formula is C35H38FN7O4S2. The Kier molecular flexibility index (Phi) is 12.4. The van der Waals surface area contributed by atoms with Crippen molar-refractivity contribution < 1.29 is 23.8 Å². The summed E-state index contributed by atoms with van der Waals surface area (Å²) in [7, 11) is 3.84. The average Bonchev–Trinajstić information content (AvgIpc) is 3.69. The van der Waals surface area contributed by atoms with E-state index in [0.717, 1.165) is 15.8 Å². The minimum Gasteiger partial charge on any atom is -0.491 e. The molecule has 0 atom stereocenters. The molecule has 5 aromatic rings. The number of fused-ring (bicyclic) bond motifs is 1. The second kappa shape index (κ2) is 17.1. The lowest BCUT2D eigenvalue weighted by molar-refractivity contribution is 0.0519. The van der Waals surface area contributed by atoms with Crippen LogP contribution in [-0.4, -0.2) is 83.1 Å². The Morgan fingerprint density at radius 2 is 1.92 bits per heavy atom. The number of ether oxygens (including phenoxy) is 2. The van der Waals surface area contributed by atoms with Gasteiger partial charge in [0.05, 0.1) is 30.0 Å². The van der Waals surface area contributed by atoms with Crippen molar-refractivity contribution in [3.05, 3.63) is 76.0 Å². The number of anilines is 4. The van der Waals surface area contributed by atoms with Crippen molar-refractivity contribution in [2.75, 3.05) is 57.2 Å². The van der Waals surface area contributed by atoms with E-state index in [4.69, 9.17) is 9.47 Å². The quantitative estimate of drug-likeness (QED) is 0.0719. The molecule has 0 radical (unpaired) electrons. The van der Waals surface area contributed by atoms with Crippen molar-refractivity contribution in [2.24, 2.45) is 0 Å². The first-order valence-electron chi connectivity index (χ1n) is 15.8. The van der Waals surface area contributed by atoms with Gasteiger partial charge in [0.15, 0.2) is 39.2 Å². The molecule has 0 saturated carbocycles. The van der Waals surface area contributed by atoms with E-state index in [0.29, 0.717) is 64.7 Å². The molecule has 0 fully saturated rings. The monoisotopic (exact) mass is 703 g/mol. The van der Waals surface area contributed by atoms with Gasteiger partial charge in [0.1, 0.15) is 0 Å². The van der Waals surface area contributed by atoms with Crippen LogP contribution < -0.4 is 15.0 Å². The van der Waals surface area contributed by atoms with E-state index >= 15 is 0 Å². The number of carbonyl (C=O) groups excluding carboxylic acids is 1. The number of benzene rings is 2. The lowest BCUT2D eigenvalue weighted by Crippen LogP contribution is -2.21. The summed E-state index contributed by atoms with van der Waals surface area (Å²) < 4.78 is 26.8. The first kappa shape index (κ1) is 35.6. The highest BCUT2D eigenvalue weighted by Crippen LogP contribution is 2.34. The van der Waals surface area contributed by atoms with E-state index in [1.54, 1.807) is 19.1 Å². The van der Waals surface area contributed by atoms with Crippen LogP contribution >= 0.6 is 22.7 Å². The molecule has 0 unspecified atom stereocenters. The SMILES string of the molecule is CCOC(=O)c1nc(N(CCCO)c2cc(C)c(Nc3nc4ccccc4s3)nn2)sc1CCCOc1ccc(C#CCN(C)C)cc1F. The maximum absolute atomic E-state index is 14.7. The Balaban J connectivity index is 1.31. The number of nitrogens with zero attached hydrogens (tertiary/aromatic N) is 6. The number of aromatic nitrogens is 4. The number of hydrogen-bond acceptors (Lipinski definition) is 13. The summed E-state index contributed by atoms with van der Waals surface area (Å²) in [6.45, 7) is 5.01. The zero-order chi connectivity index (χ0) is 34.8. The van der Waals surface area contributed by atoms with Crippen LogP contribution in [0.2, 0.25) is 0 Å². The molecule has 0 bridgehead atoms. The number of aryl methyl sites for hydroxylation is 2. The predicted octanol–water partition coefficient (Wildman–Crippen LogP) is 6.36. The van der Waals surface area contributed by atoms with Crippen LogP contribution in [0, 0.1) is 24.6 Å². The van der Waals surface area contributed by atoms with Gasteiger partial charge in [-0.2, -0.15) is 0 Å². The number of hydrogen-bond donors (Lipinski definition) is 2. The number of para-hydroxylation sites is 1. The number of nitrogens with one attached hydrogen (secondary N) is 1. The minimum atomic E-state index is -0.530. The summed E-state index contributed by atoms with van der Waals surface area (Å²) in [4.78, 5) is 26.7. The summed E-state index contributed by atoms with van der Waals surface area (Å²) in [5.41, 5.74) is 2.52. The van der Waals surface area contributed by atoms with Gasteiger partial charge in [-0.1, -0.05) is 35.3 Å². The molecule has 49 heavy (non-hydrogen) atoms. The normalized spacial score (nSPS) is 11.0. The van der Waals surface area contributed by atoms with Crippen LogP contribution in [-0.2, 0) is 11.2 Å². The van der Waals surface area contributed by atoms with Gasteiger partial charge in [-0.25, -0.2) is 19.2 Å². The largest absolute Gasteiger partial charge is 0.491 e. The fraction of sp³-hybridized carbons (Fsp3) is 0.343. The molecular weight excluding hydrogens is 666 g/mol. The van der Waals surface area contributed by atoms with Crippen molar-refractivity contribution in [3.8, 4) is 17.6 Å². The third-order valence-electron chi connectivity index (χ3n) is 7.06. The van der Waals surface area contributed by atoms with Gasteiger partial charge in [-0.3, -0.25) is 4.90 Å². The Bertz CT molecular complexity index is 1920. The Labute approximate surface area is 292 Å². The van der Waals surface area contributed by atoms with Gasteiger partial charge in [0, 0.05) is 23.6 Å². The van der Waals surface area contributed by atoms with Crippen LogP contribution in [0.5, 0.6) is 5.75 Å².